The summed E-state index contributed by atoms with van der Waals surface area (Å²) < 4.78 is 12.6. The van der Waals surface area contributed by atoms with E-state index in [0.29, 0.717) is 5.75 Å². The van der Waals surface area contributed by atoms with Crippen LogP contribution < -0.4 is 21.9 Å². The molecule has 3 unspecified atom stereocenters. The number of aliphatic hydroxyl groups excluding tert-OH is 1. The maximum atomic E-state index is 13.7. The maximum absolute atomic E-state index is 13.7. The average Bonchev–Trinajstić information content (AvgIpc) is 3.72. The third-order valence-electron chi connectivity index (χ3n) is 8.64. The molecular formula is C34H46N8O9S. The van der Waals surface area contributed by atoms with E-state index in [0.717, 1.165) is 5.56 Å². The van der Waals surface area contributed by atoms with Gasteiger partial charge < -0.3 is 30.1 Å². The molecule has 52 heavy (non-hydrogen) atoms. The highest BCUT2D eigenvalue weighted by Crippen LogP contribution is 2.31. The van der Waals surface area contributed by atoms with E-state index in [9.17, 15) is 33.9 Å². The fourth-order valence-electron chi connectivity index (χ4n) is 5.89. The minimum absolute atomic E-state index is 0.0748. The van der Waals surface area contributed by atoms with Gasteiger partial charge >= 0.3 is 11.7 Å². The fourth-order valence-corrected chi connectivity index (χ4v) is 7.05. The molecule has 2 aromatic rings. The molecule has 6 atom stereocenters. The third kappa shape index (κ3) is 10.2. The van der Waals surface area contributed by atoms with Crippen molar-refractivity contribution < 1.29 is 33.8 Å². The van der Waals surface area contributed by atoms with E-state index >= 15 is 0 Å². The summed E-state index contributed by atoms with van der Waals surface area (Å²) in [7, 11) is 0. The number of aryl methyl sites for hydroxylation is 1. The number of benzene rings is 1. The van der Waals surface area contributed by atoms with Crippen LogP contribution >= 0.6 is 11.8 Å². The van der Waals surface area contributed by atoms with Gasteiger partial charge in [-0.3, -0.25) is 33.5 Å². The molecule has 282 valence electrons. The predicted molar refractivity (Wildman–Crippen MR) is 191 cm³/mol. The highest BCUT2D eigenvalue weighted by molar-refractivity contribution is 7.99. The van der Waals surface area contributed by atoms with Crippen molar-refractivity contribution in [3.63, 3.8) is 0 Å². The zero-order valence-corrected chi connectivity index (χ0v) is 30.8. The number of azide groups is 1. The lowest BCUT2D eigenvalue weighted by molar-refractivity contribution is -0.161. The molecule has 0 bridgehead atoms. The molecule has 2 aliphatic heterocycles. The number of nitrogens with one attached hydrogen (secondary N) is 3. The van der Waals surface area contributed by atoms with E-state index < -0.39 is 76.5 Å². The summed E-state index contributed by atoms with van der Waals surface area (Å²) in [5.74, 6) is -1.91. The SMILES string of the molecule is Cc1cn(C2CC(N=[N+]=[N-])C(COC(=O)C(C)(C)CC(=O)N[C@@H](Cc3ccccc3)[C@H](O)C(=O)N3CSC[C@H]3C(=O)NC(C)(C)C)O2)c(=O)[nH]c1=O. The second-order valence-electron chi connectivity index (χ2n) is 14.6. The fraction of sp³-hybridized carbons (Fsp3) is 0.588. The summed E-state index contributed by atoms with van der Waals surface area (Å²) in [6, 6.07) is 6.25. The Bertz CT molecular complexity index is 1800. The van der Waals surface area contributed by atoms with Crippen LogP contribution in [0.25, 0.3) is 10.4 Å². The van der Waals surface area contributed by atoms with Crippen LogP contribution in [0.3, 0.4) is 0 Å². The van der Waals surface area contributed by atoms with E-state index in [1.807, 2.05) is 26.8 Å². The van der Waals surface area contributed by atoms with Crippen LogP contribution in [0.15, 0.2) is 51.2 Å². The molecule has 0 aliphatic carbocycles. The van der Waals surface area contributed by atoms with Crippen LogP contribution in [-0.4, -0.2) is 97.4 Å². The van der Waals surface area contributed by atoms with Gasteiger partial charge in [-0.25, -0.2) is 4.79 Å². The number of hydrogen-bond donors (Lipinski definition) is 4. The Morgan fingerprint density at radius 1 is 1.17 bits per heavy atom. The van der Waals surface area contributed by atoms with Gasteiger partial charge in [0.05, 0.1) is 23.4 Å². The van der Waals surface area contributed by atoms with Crippen molar-refractivity contribution in [2.75, 3.05) is 18.2 Å². The topological polar surface area (TPSA) is 238 Å². The molecule has 4 rings (SSSR count). The number of aromatic nitrogens is 2. The number of aromatic amines is 1. The van der Waals surface area contributed by atoms with E-state index in [2.05, 4.69) is 25.6 Å². The Balaban J connectivity index is 1.42. The molecule has 2 aliphatic rings. The molecule has 18 heteroatoms. The number of rotatable bonds is 13. The summed E-state index contributed by atoms with van der Waals surface area (Å²) in [5.41, 5.74) is 6.92. The lowest BCUT2D eigenvalue weighted by atomic mass is 9.88. The summed E-state index contributed by atoms with van der Waals surface area (Å²) >= 11 is 1.38. The summed E-state index contributed by atoms with van der Waals surface area (Å²) in [6.07, 6.45) is -2.42. The molecule has 1 aromatic heterocycles. The van der Waals surface area contributed by atoms with Gasteiger partial charge in [0.2, 0.25) is 11.8 Å². The van der Waals surface area contributed by atoms with Gasteiger partial charge in [-0.05, 0) is 59.1 Å². The monoisotopic (exact) mass is 742 g/mol. The number of aliphatic hydroxyl groups is 1. The molecule has 0 radical (unpaired) electrons. The van der Waals surface area contributed by atoms with Crippen LogP contribution in [0.4, 0.5) is 0 Å². The quantitative estimate of drug-likeness (QED) is 0.100. The summed E-state index contributed by atoms with van der Waals surface area (Å²) in [5, 5.41) is 20.7. The molecule has 2 saturated heterocycles. The zero-order chi connectivity index (χ0) is 38.4. The highest BCUT2D eigenvalue weighted by atomic mass is 32.2. The number of carbonyl (C=O) groups is 4. The van der Waals surface area contributed by atoms with Gasteiger partial charge in [-0.2, -0.15) is 0 Å². The normalized spacial score (nSPS) is 21.5. The van der Waals surface area contributed by atoms with Crippen molar-refractivity contribution >= 4 is 35.5 Å². The minimum atomic E-state index is -1.70. The third-order valence-corrected chi connectivity index (χ3v) is 9.65. The Labute approximate surface area is 304 Å². The number of ether oxygens (including phenoxy) is 2. The Morgan fingerprint density at radius 2 is 1.87 bits per heavy atom. The van der Waals surface area contributed by atoms with Crippen molar-refractivity contribution in [2.45, 2.75) is 103 Å². The Kier molecular flexibility index (Phi) is 13.0. The molecule has 2 fully saturated rings. The van der Waals surface area contributed by atoms with Gasteiger partial charge in [0.1, 0.15) is 25.0 Å². The Morgan fingerprint density at radius 3 is 2.52 bits per heavy atom. The lowest BCUT2D eigenvalue weighted by Crippen LogP contribution is -2.57. The summed E-state index contributed by atoms with van der Waals surface area (Å²) in [4.78, 5) is 84.0. The number of hydrogen-bond acceptors (Lipinski definition) is 11. The summed E-state index contributed by atoms with van der Waals surface area (Å²) in [6.45, 7) is 9.64. The first kappa shape index (κ1) is 40.1. The largest absolute Gasteiger partial charge is 0.462 e. The van der Waals surface area contributed by atoms with Crippen LogP contribution in [-0.2, 0) is 35.1 Å². The molecule has 4 N–H and O–H groups in total. The predicted octanol–water partition coefficient (Wildman–Crippen LogP) is 1.68. The van der Waals surface area contributed by atoms with Crippen molar-refractivity contribution in [3.8, 4) is 0 Å². The average molecular weight is 743 g/mol. The first-order valence-electron chi connectivity index (χ1n) is 16.8. The Hall–Kier alpha value is -4.64. The number of amides is 3. The van der Waals surface area contributed by atoms with Gasteiger partial charge in [-0.1, -0.05) is 35.4 Å². The maximum Gasteiger partial charge on any atom is 0.330 e. The second-order valence-corrected chi connectivity index (χ2v) is 15.6. The van der Waals surface area contributed by atoms with Crippen molar-refractivity contribution in [1.29, 1.82) is 0 Å². The number of H-pyrrole nitrogens is 1. The smallest absolute Gasteiger partial charge is 0.330 e. The molecule has 1 aromatic carbocycles. The molecule has 3 heterocycles. The van der Waals surface area contributed by atoms with E-state index in [-0.39, 0.29) is 43.2 Å². The molecule has 0 spiro atoms. The zero-order valence-electron chi connectivity index (χ0n) is 30.0. The van der Waals surface area contributed by atoms with Crippen LogP contribution in [0.5, 0.6) is 0 Å². The van der Waals surface area contributed by atoms with Gasteiger partial charge in [0.15, 0.2) is 6.10 Å². The number of carbonyl (C=O) groups excluding carboxylic acids is 4. The molecular weight excluding hydrogens is 696 g/mol. The first-order valence-corrected chi connectivity index (χ1v) is 18.0. The van der Waals surface area contributed by atoms with Gasteiger partial charge in [-0.15, -0.1) is 11.8 Å². The van der Waals surface area contributed by atoms with Gasteiger partial charge in [0, 0.05) is 40.8 Å². The molecule has 0 saturated carbocycles. The van der Waals surface area contributed by atoms with E-state index in [4.69, 9.17) is 15.0 Å². The van der Waals surface area contributed by atoms with Crippen LogP contribution in [0, 0.1) is 12.3 Å². The van der Waals surface area contributed by atoms with Crippen LogP contribution in [0.2, 0.25) is 0 Å². The molecule has 3 amide bonds. The first-order chi connectivity index (χ1) is 24.4. The van der Waals surface area contributed by atoms with Crippen LogP contribution in [0.1, 0.15) is 64.8 Å². The highest BCUT2D eigenvalue weighted by Gasteiger charge is 2.42. The number of esters is 1. The lowest BCUT2D eigenvalue weighted by Gasteiger charge is -2.32. The second kappa shape index (κ2) is 16.8. The van der Waals surface area contributed by atoms with E-state index in [1.165, 1.54) is 48.2 Å². The minimum Gasteiger partial charge on any atom is -0.462 e. The standard InChI is InChI=1S/C34H46N8O9S/c1-19-15-41(32(49)37-28(19)45)26-13-21(39-40-35)24(51-26)16-50-31(48)34(5,6)14-25(43)36-22(12-20-10-8-7-9-11-20)27(44)30(47)42-18-52-17-23(42)29(46)38-33(2,3)4/h7-11,15,21-24,26-27,44H,12-14,16-18H2,1-6H3,(H,36,43)(H,38,46)(H,37,45,49)/t21?,22-,23-,24?,26?,27-/m0/s1. The number of nitrogens with zero attached hydrogens (tertiary/aromatic N) is 5. The van der Waals surface area contributed by atoms with Crippen molar-refractivity contribution in [2.24, 2.45) is 10.5 Å². The van der Waals surface area contributed by atoms with Crippen molar-refractivity contribution in [3.05, 3.63) is 78.9 Å². The van der Waals surface area contributed by atoms with Gasteiger partial charge in [0.25, 0.3) is 11.5 Å². The molecule has 17 nitrogen and oxygen atoms in total. The van der Waals surface area contributed by atoms with Crippen molar-refractivity contribution in [1.82, 2.24) is 25.1 Å². The number of thioether (sulfide) groups is 1. The van der Waals surface area contributed by atoms with E-state index in [1.54, 1.807) is 24.3 Å².